The van der Waals surface area contributed by atoms with Crippen molar-refractivity contribution in [2.45, 2.75) is 25.7 Å². The summed E-state index contributed by atoms with van der Waals surface area (Å²) in [6.07, 6.45) is 3.02. The number of hydrogen-bond donors (Lipinski definition) is 0. The highest BCUT2D eigenvalue weighted by Crippen LogP contribution is 2.18. The Balaban J connectivity index is 2.17. The number of nitrogens with zero attached hydrogens (tertiary/aromatic N) is 3. The van der Waals surface area contributed by atoms with E-state index in [2.05, 4.69) is 11.9 Å². The minimum Gasteiger partial charge on any atom is -0.346 e. The summed E-state index contributed by atoms with van der Waals surface area (Å²) >= 11 is 0. The molecule has 0 saturated carbocycles. The van der Waals surface area contributed by atoms with E-state index in [0.717, 1.165) is 25.4 Å². The second kappa shape index (κ2) is 6.49. The molecule has 1 atom stereocenters. The lowest BCUT2D eigenvalue weighted by molar-refractivity contribution is -0.129. The van der Waals surface area contributed by atoms with Crippen molar-refractivity contribution < 1.29 is 4.79 Å². The first-order chi connectivity index (χ1) is 7.63. The van der Waals surface area contributed by atoms with E-state index < -0.39 is 0 Å². The van der Waals surface area contributed by atoms with Crippen LogP contribution in [0.2, 0.25) is 0 Å². The number of likely N-dealkylation sites (tertiary alicyclic amines) is 1. The molecule has 0 aromatic heterocycles. The van der Waals surface area contributed by atoms with Crippen molar-refractivity contribution in [3.8, 4) is 6.07 Å². The van der Waals surface area contributed by atoms with Gasteiger partial charge in [0.1, 0.15) is 0 Å². The molecule has 4 nitrogen and oxygen atoms in total. The number of carbonyl (C=O) groups excluding carboxylic acids is 1. The fraction of sp³-hybridized carbons (Fsp3) is 0.833. The van der Waals surface area contributed by atoms with Crippen molar-refractivity contribution in [1.29, 1.82) is 5.26 Å². The summed E-state index contributed by atoms with van der Waals surface area (Å²) in [6, 6.07) is 2.00. The summed E-state index contributed by atoms with van der Waals surface area (Å²) < 4.78 is 0. The van der Waals surface area contributed by atoms with Crippen molar-refractivity contribution >= 4 is 5.91 Å². The number of carbonyl (C=O) groups is 1. The van der Waals surface area contributed by atoms with Crippen LogP contribution in [-0.4, -0.2) is 49.4 Å². The topological polar surface area (TPSA) is 47.3 Å². The quantitative estimate of drug-likeness (QED) is 0.701. The van der Waals surface area contributed by atoms with Crippen LogP contribution in [0.4, 0.5) is 0 Å². The first-order valence-electron chi connectivity index (χ1n) is 5.93. The molecule has 90 valence electrons. The van der Waals surface area contributed by atoms with Gasteiger partial charge in [-0.15, -0.1) is 0 Å². The molecule has 0 radical (unpaired) electrons. The van der Waals surface area contributed by atoms with Crippen LogP contribution < -0.4 is 0 Å². The highest BCUT2D eigenvalue weighted by atomic mass is 16.2. The molecule has 0 aromatic carbocycles. The molecule has 4 heteroatoms. The Morgan fingerprint density at radius 1 is 1.62 bits per heavy atom. The summed E-state index contributed by atoms with van der Waals surface area (Å²) in [4.78, 5) is 15.6. The average molecular weight is 223 g/mol. The van der Waals surface area contributed by atoms with Crippen LogP contribution in [0, 0.1) is 17.2 Å². The first-order valence-corrected chi connectivity index (χ1v) is 5.93. The molecule has 0 spiro atoms. The van der Waals surface area contributed by atoms with Gasteiger partial charge in [-0.25, -0.2) is 0 Å². The van der Waals surface area contributed by atoms with Gasteiger partial charge in [-0.3, -0.25) is 4.79 Å². The van der Waals surface area contributed by atoms with Crippen molar-refractivity contribution in [2.75, 3.05) is 33.7 Å². The summed E-state index contributed by atoms with van der Waals surface area (Å²) in [5.41, 5.74) is 0. The minimum absolute atomic E-state index is 0.0906. The van der Waals surface area contributed by atoms with Gasteiger partial charge in [-0.1, -0.05) is 0 Å². The van der Waals surface area contributed by atoms with E-state index in [1.54, 1.807) is 4.90 Å². The lowest BCUT2D eigenvalue weighted by Crippen LogP contribution is -2.29. The summed E-state index contributed by atoms with van der Waals surface area (Å²) in [5, 5.41) is 8.40. The largest absolute Gasteiger partial charge is 0.346 e. The average Bonchev–Trinajstić information content (AvgIpc) is 2.68. The predicted molar refractivity (Wildman–Crippen MR) is 62.7 cm³/mol. The van der Waals surface area contributed by atoms with E-state index in [1.807, 2.05) is 13.1 Å². The van der Waals surface area contributed by atoms with Crippen molar-refractivity contribution in [3.63, 3.8) is 0 Å². The van der Waals surface area contributed by atoms with Crippen LogP contribution in [0.5, 0.6) is 0 Å². The molecule has 1 amide bonds. The third kappa shape index (κ3) is 4.19. The van der Waals surface area contributed by atoms with E-state index in [-0.39, 0.29) is 5.91 Å². The molecule has 1 aliphatic rings. The molecule has 0 aromatic rings. The highest BCUT2D eigenvalue weighted by molar-refractivity contribution is 5.76. The molecular weight excluding hydrogens is 202 g/mol. The molecule has 1 aliphatic heterocycles. The molecule has 1 unspecified atom stereocenters. The SMILES string of the molecule is CN1CCC(CCN(C)C(=O)CCC#N)C1. The number of rotatable bonds is 5. The summed E-state index contributed by atoms with van der Waals surface area (Å²) in [5.74, 6) is 0.823. The molecule has 1 rings (SSSR count). The fourth-order valence-corrected chi connectivity index (χ4v) is 2.12. The molecule has 0 bridgehead atoms. The maximum Gasteiger partial charge on any atom is 0.223 e. The van der Waals surface area contributed by atoms with Crippen LogP contribution in [0.1, 0.15) is 25.7 Å². The van der Waals surface area contributed by atoms with Gasteiger partial charge in [0, 0.05) is 33.0 Å². The monoisotopic (exact) mass is 223 g/mol. The van der Waals surface area contributed by atoms with E-state index in [4.69, 9.17) is 5.26 Å². The number of hydrogen-bond acceptors (Lipinski definition) is 3. The number of amides is 1. The van der Waals surface area contributed by atoms with Gasteiger partial charge in [0.25, 0.3) is 0 Å². The Hall–Kier alpha value is -1.08. The maximum atomic E-state index is 11.5. The molecule has 1 saturated heterocycles. The molecule has 16 heavy (non-hydrogen) atoms. The van der Waals surface area contributed by atoms with Gasteiger partial charge < -0.3 is 9.80 Å². The van der Waals surface area contributed by atoms with Crippen molar-refractivity contribution in [3.05, 3.63) is 0 Å². The lowest BCUT2D eigenvalue weighted by Gasteiger charge is -2.19. The third-order valence-electron chi connectivity index (χ3n) is 3.24. The summed E-state index contributed by atoms with van der Waals surface area (Å²) in [7, 11) is 3.97. The van der Waals surface area contributed by atoms with Crippen LogP contribution in [-0.2, 0) is 4.79 Å². The standard InChI is InChI=1S/C12H21N3O/c1-14-8-5-11(10-14)6-9-15(2)12(16)4-3-7-13/h11H,3-6,8-10H2,1-2H3. The molecular formula is C12H21N3O. The lowest BCUT2D eigenvalue weighted by atomic mass is 10.0. The highest BCUT2D eigenvalue weighted by Gasteiger charge is 2.20. The zero-order valence-electron chi connectivity index (χ0n) is 10.3. The Morgan fingerprint density at radius 3 is 2.94 bits per heavy atom. The van der Waals surface area contributed by atoms with E-state index in [0.29, 0.717) is 12.8 Å². The van der Waals surface area contributed by atoms with Crippen LogP contribution in [0.25, 0.3) is 0 Å². The number of nitriles is 1. The van der Waals surface area contributed by atoms with Gasteiger partial charge in [0.15, 0.2) is 0 Å². The van der Waals surface area contributed by atoms with Gasteiger partial charge in [-0.05, 0) is 32.4 Å². The molecule has 0 N–H and O–H groups in total. The van der Waals surface area contributed by atoms with Crippen molar-refractivity contribution in [2.24, 2.45) is 5.92 Å². The third-order valence-corrected chi connectivity index (χ3v) is 3.24. The van der Waals surface area contributed by atoms with Gasteiger partial charge in [0.05, 0.1) is 6.07 Å². The van der Waals surface area contributed by atoms with Crippen LogP contribution >= 0.6 is 0 Å². The molecule has 1 fully saturated rings. The van der Waals surface area contributed by atoms with Crippen LogP contribution in [0.3, 0.4) is 0 Å². The molecule has 0 aliphatic carbocycles. The van der Waals surface area contributed by atoms with E-state index in [9.17, 15) is 4.79 Å². The Bertz CT molecular complexity index is 272. The van der Waals surface area contributed by atoms with Crippen LogP contribution in [0.15, 0.2) is 0 Å². The zero-order chi connectivity index (χ0) is 12.0. The smallest absolute Gasteiger partial charge is 0.223 e. The fourth-order valence-electron chi connectivity index (χ4n) is 2.12. The Morgan fingerprint density at radius 2 is 2.38 bits per heavy atom. The minimum atomic E-state index is 0.0906. The zero-order valence-corrected chi connectivity index (χ0v) is 10.3. The van der Waals surface area contributed by atoms with Gasteiger partial charge >= 0.3 is 0 Å². The first kappa shape index (κ1) is 13.0. The summed E-state index contributed by atoms with van der Waals surface area (Å²) in [6.45, 7) is 3.15. The predicted octanol–water partition coefficient (Wildman–Crippen LogP) is 1.09. The van der Waals surface area contributed by atoms with E-state index >= 15 is 0 Å². The van der Waals surface area contributed by atoms with E-state index in [1.165, 1.54) is 13.0 Å². The Labute approximate surface area is 97.8 Å². The second-order valence-electron chi connectivity index (χ2n) is 4.68. The maximum absolute atomic E-state index is 11.5. The van der Waals surface area contributed by atoms with Gasteiger partial charge in [0.2, 0.25) is 5.91 Å². The van der Waals surface area contributed by atoms with Crippen molar-refractivity contribution in [1.82, 2.24) is 9.80 Å². The second-order valence-corrected chi connectivity index (χ2v) is 4.68. The van der Waals surface area contributed by atoms with Gasteiger partial charge in [-0.2, -0.15) is 5.26 Å². The Kier molecular flexibility index (Phi) is 5.27. The molecule has 1 heterocycles. The normalized spacial score (nSPS) is 20.7.